The van der Waals surface area contributed by atoms with Gasteiger partial charge in [0.05, 0.1) is 12.8 Å². The van der Waals surface area contributed by atoms with Gasteiger partial charge in [0.2, 0.25) is 5.91 Å². The molecule has 1 aliphatic rings. The van der Waals surface area contributed by atoms with Crippen LogP contribution >= 0.6 is 0 Å². The molecule has 0 spiro atoms. The minimum absolute atomic E-state index is 0.0792. The summed E-state index contributed by atoms with van der Waals surface area (Å²) in [5.41, 5.74) is -0.877. The molecule has 1 amide bonds. The Morgan fingerprint density at radius 1 is 1.36 bits per heavy atom. The number of carbonyl (C=O) groups excluding carboxylic acids is 1. The van der Waals surface area contributed by atoms with Crippen molar-refractivity contribution in [2.45, 2.75) is 32.0 Å². The monoisotopic (exact) mass is 303 g/mol. The van der Waals surface area contributed by atoms with Gasteiger partial charge in [0.15, 0.2) is 0 Å². The first-order chi connectivity index (χ1) is 10.6. The van der Waals surface area contributed by atoms with Crippen LogP contribution in [0.25, 0.3) is 0 Å². The highest BCUT2D eigenvalue weighted by atomic mass is 16.3. The van der Waals surface area contributed by atoms with Gasteiger partial charge in [-0.05, 0) is 25.0 Å². The highest BCUT2D eigenvalue weighted by molar-refractivity contribution is 5.76. The summed E-state index contributed by atoms with van der Waals surface area (Å²) in [6.45, 7) is 0.321. The summed E-state index contributed by atoms with van der Waals surface area (Å²) in [4.78, 5) is 37.6. The first kappa shape index (κ1) is 14.4. The van der Waals surface area contributed by atoms with Gasteiger partial charge in [0.25, 0.3) is 5.56 Å². The minimum atomic E-state index is -0.491. The summed E-state index contributed by atoms with van der Waals surface area (Å²) in [6, 6.07) is 5.09. The number of hydrogen-bond acceptors (Lipinski definition) is 4. The largest absolute Gasteiger partial charge is 0.467 e. The lowest BCUT2D eigenvalue weighted by Crippen LogP contribution is -2.42. The third kappa shape index (κ3) is 2.88. The normalized spacial score (nSPS) is 14.0. The maximum atomic E-state index is 12.5. The van der Waals surface area contributed by atoms with Gasteiger partial charge in [-0.15, -0.1) is 0 Å². The second-order valence-electron chi connectivity index (χ2n) is 5.46. The van der Waals surface area contributed by atoms with E-state index in [0.717, 1.165) is 17.4 Å². The molecule has 0 radical (unpaired) electrons. The summed E-state index contributed by atoms with van der Waals surface area (Å²) in [7, 11) is 1.40. The molecule has 2 aromatic heterocycles. The van der Waals surface area contributed by atoms with Crippen LogP contribution < -0.4 is 11.2 Å². The molecule has 7 heteroatoms. The molecule has 2 heterocycles. The Morgan fingerprint density at radius 2 is 2.14 bits per heavy atom. The highest BCUT2D eigenvalue weighted by Crippen LogP contribution is 2.28. The lowest BCUT2D eigenvalue weighted by molar-refractivity contribution is -0.133. The first-order valence-electron chi connectivity index (χ1n) is 7.14. The maximum absolute atomic E-state index is 12.5. The lowest BCUT2D eigenvalue weighted by atomic mass is 10.3. The van der Waals surface area contributed by atoms with Crippen LogP contribution in [-0.2, 0) is 24.9 Å². The molecule has 7 nitrogen and oxygen atoms in total. The van der Waals surface area contributed by atoms with Gasteiger partial charge >= 0.3 is 5.69 Å². The smallest absolute Gasteiger partial charge is 0.331 e. The second kappa shape index (κ2) is 5.67. The zero-order chi connectivity index (χ0) is 15.7. The molecule has 22 heavy (non-hydrogen) atoms. The Balaban J connectivity index is 1.78. The van der Waals surface area contributed by atoms with Crippen molar-refractivity contribution in [2.24, 2.45) is 7.05 Å². The molecule has 0 aromatic carbocycles. The van der Waals surface area contributed by atoms with Gasteiger partial charge in [0, 0.05) is 25.4 Å². The van der Waals surface area contributed by atoms with E-state index in [-0.39, 0.29) is 24.1 Å². The Kier molecular flexibility index (Phi) is 3.70. The predicted molar refractivity (Wildman–Crippen MR) is 78.2 cm³/mol. The molecule has 3 rings (SSSR count). The molecule has 0 N–H and O–H groups in total. The van der Waals surface area contributed by atoms with Crippen LogP contribution in [0.1, 0.15) is 18.6 Å². The summed E-state index contributed by atoms with van der Waals surface area (Å²) in [5.74, 6) is 0.563. The molecule has 116 valence electrons. The van der Waals surface area contributed by atoms with Crippen molar-refractivity contribution in [3.8, 4) is 0 Å². The van der Waals surface area contributed by atoms with Gasteiger partial charge in [-0.3, -0.25) is 18.7 Å². The summed E-state index contributed by atoms with van der Waals surface area (Å²) in [6.07, 6.45) is 4.87. The Labute approximate surface area is 126 Å². The molecule has 0 aliphatic heterocycles. The number of amides is 1. The van der Waals surface area contributed by atoms with Crippen molar-refractivity contribution < 1.29 is 9.21 Å². The molecule has 0 bridgehead atoms. The van der Waals surface area contributed by atoms with Crippen LogP contribution in [-0.4, -0.2) is 26.0 Å². The standard InChI is InChI=1S/C15H17N3O4/c1-16-13(19)6-7-17(15(16)21)10-14(20)18(11-4-5-11)9-12-3-2-8-22-12/h2-3,6-8,11H,4-5,9-10H2,1H3. The molecule has 1 saturated carbocycles. The zero-order valence-electron chi connectivity index (χ0n) is 12.3. The van der Waals surface area contributed by atoms with Crippen molar-refractivity contribution in [1.82, 2.24) is 14.0 Å². The topological polar surface area (TPSA) is 77.5 Å². The molecule has 1 fully saturated rings. The fourth-order valence-electron chi connectivity index (χ4n) is 2.35. The van der Waals surface area contributed by atoms with E-state index in [2.05, 4.69) is 0 Å². The lowest BCUT2D eigenvalue weighted by Gasteiger charge is -2.21. The van der Waals surface area contributed by atoms with Crippen LogP contribution in [0.5, 0.6) is 0 Å². The van der Waals surface area contributed by atoms with E-state index >= 15 is 0 Å². The molecular formula is C15H17N3O4. The van der Waals surface area contributed by atoms with E-state index in [1.54, 1.807) is 17.2 Å². The Morgan fingerprint density at radius 3 is 2.77 bits per heavy atom. The zero-order valence-corrected chi connectivity index (χ0v) is 12.3. The Hall–Kier alpha value is -2.57. The van der Waals surface area contributed by atoms with Crippen LogP contribution in [0.2, 0.25) is 0 Å². The fourth-order valence-corrected chi connectivity index (χ4v) is 2.35. The molecule has 2 aromatic rings. The van der Waals surface area contributed by atoms with Crippen molar-refractivity contribution >= 4 is 5.91 Å². The van der Waals surface area contributed by atoms with E-state index < -0.39 is 5.69 Å². The number of nitrogens with zero attached hydrogens (tertiary/aromatic N) is 3. The number of carbonyl (C=O) groups is 1. The van der Waals surface area contributed by atoms with E-state index in [9.17, 15) is 14.4 Å². The molecule has 1 aliphatic carbocycles. The summed E-state index contributed by atoms with van der Waals surface area (Å²) < 4.78 is 7.53. The average Bonchev–Trinajstić information content (AvgIpc) is 3.21. The third-order valence-electron chi connectivity index (χ3n) is 3.78. The number of rotatable bonds is 5. The predicted octanol–water partition coefficient (Wildman–Crippen LogP) is 0.331. The highest BCUT2D eigenvalue weighted by Gasteiger charge is 2.33. The van der Waals surface area contributed by atoms with E-state index in [1.807, 2.05) is 6.07 Å². The van der Waals surface area contributed by atoms with E-state index in [0.29, 0.717) is 12.3 Å². The average molecular weight is 303 g/mol. The van der Waals surface area contributed by atoms with Crippen LogP contribution in [0.15, 0.2) is 44.7 Å². The van der Waals surface area contributed by atoms with Gasteiger partial charge in [-0.25, -0.2) is 4.79 Å². The van der Waals surface area contributed by atoms with Gasteiger partial charge < -0.3 is 9.32 Å². The SMILES string of the molecule is Cn1c(=O)ccn(CC(=O)N(Cc2ccco2)C2CC2)c1=O. The molecular weight excluding hydrogens is 286 g/mol. The molecule has 0 saturated heterocycles. The summed E-state index contributed by atoms with van der Waals surface area (Å²) >= 11 is 0. The van der Waals surface area contributed by atoms with E-state index in [4.69, 9.17) is 4.42 Å². The van der Waals surface area contributed by atoms with Gasteiger partial charge in [-0.2, -0.15) is 0 Å². The molecule has 0 atom stereocenters. The maximum Gasteiger partial charge on any atom is 0.331 e. The van der Waals surface area contributed by atoms with E-state index in [1.165, 1.54) is 23.9 Å². The fraction of sp³-hybridized carbons (Fsp3) is 0.400. The Bertz CT molecular complexity index is 784. The van der Waals surface area contributed by atoms with Crippen molar-refractivity contribution in [1.29, 1.82) is 0 Å². The van der Waals surface area contributed by atoms with Crippen molar-refractivity contribution in [3.63, 3.8) is 0 Å². The first-order valence-corrected chi connectivity index (χ1v) is 7.14. The molecule has 0 unspecified atom stereocenters. The third-order valence-corrected chi connectivity index (χ3v) is 3.78. The quantitative estimate of drug-likeness (QED) is 0.797. The minimum Gasteiger partial charge on any atom is -0.467 e. The van der Waals surface area contributed by atoms with Gasteiger partial charge in [0.1, 0.15) is 12.3 Å². The van der Waals surface area contributed by atoms with Crippen molar-refractivity contribution in [3.05, 3.63) is 57.3 Å². The van der Waals surface area contributed by atoms with Crippen LogP contribution in [0.3, 0.4) is 0 Å². The summed E-state index contributed by atoms with van der Waals surface area (Å²) in [5, 5.41) is 0. The second-order valence-corrected chi connectivity index (χ2v) is 5.46. The number of aromatic nitrogens is 2. The number of furan rings is 1. The van der Waals surface area contributed by atoms with Crippen LogP contribution in [0.4, 0.5) is 0 Å². The van der Waals surface area contributed by atoms with Crippen molar-refractivity contribution in [2.75, 3.05) is 0 Å². The van der Waals surface area contributed by atoms with Crippen LogP contribution in [0, 0.1) is 0 Å². The number of hydrogen-bond donors (Lipinski definition) is 0. The van der Waals surface area contributed by atoms with Gasteiger partial charge in [-0.1, -0.05) is 0 Å².